The SMILES string of the molecule is CC/C=C\C/C=C\C/C=C\C/C=C\C/C=C\CC(=O)OCC(COC(=O)CCCCCCCCCCCCCCCCCCCCCCCCCCCCCC)OC(=O)CCCCCCCCCCCCCCCCCCCCC. The third-order valence-corrected chi connectivity index (χ3v) is 15.8. The summed E-state index contributed by atoms with van der Waals surface area (Å²) in [5.74, 6) is -1.01. The topological polar surface area (TPSA) is 78.9 Å². The van der Waals surface area contributed by atoms with E-state index in [0.29, 0.717) is 12.8 Å². The molecule has 0 rings (SSSR count). The zero-order chi connectivity index (χ0) is 57.8. The molecule has 0 aromatic heterocycles. The number of carbonyl (C=O) groups excluding carboxylic acids is 3. The number of rotatable bonds is 65. The van der Waals surface area contributed by atoms with E-state index in [0.717, 1.165) is 70.6 Å². The molecule has 6 nitrogen and oxygen atoms in total. The maximum atomic E-state index is 12.9. The van der Waals surface area contributed by atoms with E-state index in [9.17, 15) is 14.4 Å². The highest BCUT2D eigenvalue weighted by atomic mass is 16.6. The van der Waals surface area contributed by atoms with E-state index in [-0.39, 0.29) is 31.6 Å². The van der Waals surface area contributed by atoms with Gasteiger partial charge >= 0.3 is 17.9 Å². The maximum Gasteiger partial charge on any atom is 0.309 e. The maximum absolute atomic E-state index is 12.9. The molecule has 0 aliphatic rings. The smallest absolute Gasteiger partial charge is 0.309 e. The molecule has 0 radical (unpaired) electrons. The van der Waals surface area contributed by atoms with Crippen LogP contribution in [-0.4, -0.2) is 37.2 Å². The first-order valence-electron chi connectivity index (χ1n) is 35.3. The normalized spacial score (nSPS) is 12.4. The van der Waals surface area contributed by atoms with Crippen LogP contribution in [0.25, 0.3) is 0 Å². The van der Waals surface area contributed by atoms with Crippen LogP contribution in [-0.2, 0) is 28.6 Å². The molecule has 0 amide bonds. The first kappa shape index (κ1) is 77.1. The van der Waals surface area contributed by atoms with Gasteiger partial charge in [-0.3, -0.25) is 14.4 Å². The van der Waals surface area contributed by atoms with Gasteiger partial charge in [-0.05, 0) is 44.9 Å². The van der Waals surface area contributed by atoms with Crippen LogP contribution in [0, 0.1) is 0 Å². The average Bonchev–Trinajstić information content (AvgIpc) is 3.46. The molecule has 0 heterocycles. The van der Waals surface area contributed by atoms with Gasteiger partial charge in [0.1, 0.15) is 13.2 Å². The average molecular weight is 1120 g/mol. The number of esters is 3. The van der Waals surface area contributed by atoms with Gasteiger partial charge in [-0.25, -0.2) is 0 Å². The molecule has 6 heteroatoms. The van der Waals surface area contributed by atoms with Crippen molar-refractivity contribution in [2.24, 2.45) is 0 Å². The fourth-order valence-corrected chi connectivity index (χ4v) is 10.6. The Balaban J connectivity index is 4.27. The van der Waals surface area contributed by atoms with Crippen LogP contribution < -0.4 is 0 Å². The van der Waals surface area contributed by atoms with Crippen molar-refractivity contribution in [1.29, 1.82) is 0 Å². The van der Waals surface area contributed by atoms with Crippen LogP contribution >= 0.6 is 0 Å². The molecule has 1 atom stereocenters. The number of hydrogen-bond donors (Lipinski definition) is 0. The number of hydrogen-bond acceptors (Lipinski definition) is 6. The predicted molar refractivity (Wildman–Crippen MR) is 348 cm³/mol. The van der Waals surface area contributed by atoms with Gasteiger partial charge in [-0.1, -0.05) is 370 Å². The van der Waals surface area contributed by atoms with Crippen molar-refractivity contribution in [1.82, 2.24) is 0 Å². The van der Waals surface area contributed by atoms with E-state index < -0.39 is 12.1 Å². The summed E-state index contributed by atoms with van der Waals surface area (Å²) in [5, 5.41) is 0. The van der Waals surface area contributed by atoms with Crippen molar-refractivity contribution < 1.29 is 28.6 Å². The molecular formula is C74H134O6. The zero-order valence-electron chi connectivity index (χ0n) is 53.6. The van der Waals surface area contributed by atoms with Crippen molar-refractivity contribution in [2.75, 3.05) is 13.2 Å². The van der Waals surface area contributed by atoms with Gasteiger partial charge in [-0.15, -0.1) is 0 Å². The minimum absolute atomic E-state index is 0.0990. The summed E-state index contributed by atoms with van der Waals surface area (Å²) in [7, 11) is 0. The number of carbonyl (C=O) groups is 3. The number of allylic oxidation sites excluding steroid dienone is 9. The highest BCUT2D eigenvalue weighted by Gasteiger charge is 2.19. The Hall–Kier alpha value is -2.89. The second-order valence-corrected chi connectivity index (χ2v) is 23.8. The third-order valence-electron chi connectivity index (χ3n) is 15.8. The van der Waals surface area contributed by atoms with Crippen molar-refractivity contribution >= 4 is 17.9 Å². The van der Waals surface area contributed by atoms with Crippen molar-refractivity contribution in [2.45, 2.75) is 380 Å². The van der Waals surface area contributed by atoms with E-state index in [2.05, 4.69) is 69.4 Å². The fraction of sp³-hybridized carbons (Fsp3) is 0.824. The Morgan fingerprint density at radius 3 is 0.762 bits per heavy atom. The Morgan fingerprint density at radius 2 is 0.487 bits per heavy atom. The second-order valence-electron chi connectivity index (χ2n) is 23.8. The molecule has 0 aromatic rings. The Kier molecular flexibility index (Phi) is 66.1. The highest BCUT2D eigenvalue weighted by molar-refractivity contribution is 5.72. The monoisotopic (exact) mass is 1120 g/mol. The van der Waals surface area contributed by atoms with E-state index >= 15 is 0 Å². The van der Waals surface area contributed by atoms with Crippen LogP contribution in [0.15, 0.2) is 60.8 Å². The van der Waals surface area contributed by atoms with Crippen LogP contribution in [0.1, 0.15) is 374 Å². The van der Waals surface area contributed by atoms with Gasteiger partial charge in [0.05, 0.1) is 6.42 Å². The lowest BCUT2D eigenvalue weighted by Crippen LogP contribution is -2.30. The molecule has 0 saturated heterocycles. The predicted octanol–water partition coefficient (Wildman–Crippen LogP) is 24.3. The largest absolute Gasteiger partial charge is 0.462 e. The lowest BCUT2D eigenvalue weighted by Gasteiger charge is -2.18. The van der Waals surface area contributed by atoms with Crippen molar-refractivity contribution in [3.8, 4) is 0 Å². The van der Waals surface area contributed by atoms with Crippen LogP contribution in [0.2, 0.25) is 0 Å². The van der Waals surface area contributed by atoms with Gasteiger partial charge in [0, 0.05) is 12.8 Å². The summed E-state index contributed by atoms with van der Waals surface area (Å²) in [5.41, 5.74) is 0. The molecule has 0 N–H and O–H groups in total. The minimum Gasteiger partial charge on any atom is -0.462 e. The van der Waals surface area contributed by atoms with Crippen molar-refractivity contribution in [3.63, 3.8) is 0 Å². The highest BCUT2D eigenvalue weighted by Crippen LogP contribution is 2.19. The van der Waals surface area contributed by atoms with E-state index in [1.165, 1.54) is 263 Å². The third kappa shape index (κ3) is 65.9. The van der Waals surface area contributed by atoms with Gasteiger partial charge in [0.15, 0.2) is 6.10 Å². The van der Waals surface area contributed by atoms with Crippen LogP contribution in [0.5, 0.6) is 0 Å². The minimum atomic E-state index is -0.812. The first-order valence-corrected chi connectivity index (χ1v) is 35.3. The lowest BCUT2D eigenvalue weighted by atomic mass is 10.0. The van der Waals surface area contributed by atoms with Gasteiger partial charge in [0.2, 0.25) is 0 Å². The quantitative estimate of drug-likeness (QED) is 0.0261. The second kappa shape index (κ2) is 68.6. The standard InChI is InChI=1S/C74H134O6/c1-4-7-10-13-16-19-22-25-28-30-32-33-34-35-36-37-38-39-40-42-43-46-49-52-55-58-61-64-67-73(76)79-70-71(69-78-72(75)66-63-60-57-54-51-48-45-27-24-21-18-15-12-9-6-3)80-74(77)68-65-62-59-56-53-50-47-44-41-31-29-26-23-20-17-14-11-8-5-2/h9,12,18,21,27,45,51,54,60,63,71H,4-8,10-11,13-17,19-20,22-26,28-44,46-50,52-53,55-59,61-62,64-70H2,1-3H3/b12-9-,21-18-,45-27-,54-51-,63-60-. The lowest BCUT2D eigenvalue weighted by molar-refractivity contribution is -0.166. The summed E-state index contributed by atoms with van der Waals surface area (Å²) in [4.78, 5) is 38.3. The van der Waals surface area contributed by atoms with E-state index in [1.807, 2.05) is 12.2 Å². The molecular weight excluding hydrogens is 985 g/mol. The molecule has 0 aliphatic heterocycles. The van der Waals surface area contributed by atoms with Crippen LogP contribution in [0.3, 0.4) is 0 Å². The number of unbranched alkanes of at least 4 members (excludes halogenated alkanes) is 45. The molecule has 0 bridgehead atoms. The summed E-state index contributed by atoms with van der Waals surface area (Å²) in [6, 6.07) is 0. The summed E-state index contributed by atoms with van der Waals surface area (Å²) in [6.07, 6.45) is 88.6. The van der Waals surface area contributed by atoms with Crippen LogP contribution in [0.4, 0.5) is 0 Å². The molecule has 80 heavy (non-hydrogen) atoms. The summed E-state index contributed by atoms with van der Waals surface area (Å²) in [6.45, 7) is 6.51. The zero-order valence-corrected chi connectivity index (χ0v) is 53.6. The Bertz CT molecular complexity index is 1430. The Morgan fingerprint density at radius 1 is 0.263 bits per heavy atom. The molecule has 466 valence electrons. The molecule has 1 unspecified atom stereocenters. The van der Waals surface area contributed by atoms with Gasteiger partial charge in [-0.2, -0.15) is 0 Å². The number of ether oxygens (including phenoxy) is 3. The molecule has 0 aromatic carbocycles. The molecule has 0 aliphatic carbocycles. The van der Waals surface area contributed by atoms with Gasteiger partial charge < -0.3 is 14.2 Å². The Labute approximate surface area is 498 Å². The molecule has 0 saturated carbocycles. The summed E-state index contributed by atoms with van der Waals surface area (Å²) < 4.78 is 16.9. The molecule has 0 fully saturated rings. The first-order chi connectivity index (χ1) is 39.5. The summed E-state index contributed by atoms with van der Waals surface area (Å²) >= 11 is 0. The van der Waals surface area contributed by atoms with E-state index in [4.69, 9.17) is 14.2 Å². The fourth-order valence-electron chi connectivity index (χ4n) is 10.6. The van der Waals surface area contributed by atoms with Gasteiger partial charge in [0.25, 0.3) is 0 Å². The van der Waals surface area contributed by atoms with E-state index in [1.54, 1.807) is 0 Å². The van der Waals surface area contributed by atoms with Crippen molar-refractivity contribution in [3.05, 3.63) is 60.8 Å². The molecule has 0 spiro atoms.